The van der Waals surface area contributed by atoms with E-state index in [2.05, 4.69) is 37.0 Å². The highest BCUT2D eigenvalue weighted by Crippen LogP contribution is 2.39. The summed E-state index contributed by atoms with van der Waals surface area (Å²) in [7, 11) is 0. The Kier molecular flexibility index (Phi) is 3.32. The van der Waals surface area contributed by atoms with Crippen molar-refractivity contribution in [2.75, 3.05) is 0 Å². The summed E-state index contributed by atoms with van der Waals surface area (Å²) in [5.41, 5.74) is 2.23. The number of hydrogen-bond donors (Lipinski definition) is 0. The van der Waals surface area contributed by atoms with Gasteiger partial charge < -0.3 is 4.52 Å². The molecular formula is C17H7Br2NO3. The highest BCUT2D eigenvalue weighted by Gasteiger charge is 2.36. The number of carbonyl (C=O) groups is 2. The van der Waals surface area contributed by atoms with Gasteiger partial charge in [0.15, 0.2) is 5.76 Å². The number of ketones is 2. The zero-order valence-electron chi connectivity index (χ0n) is 11.5. The van der Waals surface area contributed by atoms with Crippen molar-refractivity contribution in [3.8, 4) is 22.6 Å². The van der Waals surface area contributed by atoms with Crippen LogP contribution in [-0.4, -0.2) is 16.7 Å². The number of Topliss-reactive ketones (excluding diaryl/α,β-unsaturated/α-hetero) is 2. The van der Waals surface area contributed by atoms with E-state index in [1.165, 1.54) is 0 Å². The fraction of sp³-hybridized carbons (Fsp3) is 0. The second kappa shape index (κ2) is 5.25. The van der Waals surface area contributed by atoms with Crippen LogP contribution in [0.15, 0.2) is 55.9 Å². The van der Waals surface area contributed by atoms with Gasteiger partial charge in [0.1, 0.15) is 11.3 Å². The van der Waals surface area contributed by atoms with Crippen LogP contribution in [0.3, 0.4) is 0 Å². The number of fused-ring (bicyclic) bond motifs is 3. The third kappa shape index (κ3) is 2.21. The van der Waals surface area contributed by atoms with Gasteiger partial charge in [-0.3, -0.25) is 9.59 Å². The summed E-state index contributed by atoms with van der Waals surface area (Å²) in [4.78, 5) is 24.9. The van der Waals surface area contributed by atoms with E-state index in [0.717, 1.165) is 8.95 Å². The number of benzene rings is 2. The molecule has 3 aromatic rings. The highest BCUT2D eigenvalue weighted by molar-refractivity contribution is 9.11. The van der Waals surface area contributed by atoms with E-state index in [9.17, 15) is 9.59 Å². The van der Waals surface area contributed by atoms with Crippen molar-refractivity contribution in [3.05, 3.63) is 62.5 Å². The van der Waals surface area contributed by atoms with Gasteiger partial charge in [0, 0.05) is 25.6 Å². The van der Waals surface area contributed by atoms with Gasteiger partial charge in [-0.2, -0.15) is 0 Å². The Hall–Kier alpha value is -2.05. The largest absolute Gasteiger partial charge is 0.355 e. The average Bonchev–Trinajstić information content (AvgIpc) is 2.97. The van der Waals surface area contributed by atoms with E-state index in [-0.39, 0.29) is 5.56 Å². The first kappa shape index (κ1) is 14.5. The van der Waals surface area contributed by atoms with E-state index in [1.54, 1.807) is 24.3 Å². The van der Waals surface area contributed by atoms with Crippen LogP contribution in [-0.2, 0) is 0 Å². The lowest BCUT2D eigenvalue weighted by Crippen LogP contribution is -2.20. The molecule has 4 rings (SSSR count). The number of rotatable bonds is 1. The first-order valence-electron chi connectivity index (χ1n) is 6.71. The summed E-state index contributed by atoms with van der Waals surface area (Å²) in [6, 6.07) is 12.4. The molecule has 0 bridgehead atoms. The molecule has 0 fully saturated rings. The minimum Gasteiger partial charge on any atom is -0.355 e. The molecule has 0 atom stereocenters. The predicted molar refractivity (Wildman–Crippen MR) is 91.4 cm³/mol. The Bertz CT molecular complexity index is 971. The lowest BCUT2D eigenvalue weighted by molar-refractivity contribution is 0.0815. The van der Waals surface area contributed by atoms with Gasteiger partial charge >= 0.3 is 0 Å². The molecule has 4 nitrogen and oxygen atoms in total. The van der Waals surface area contributed by atoms with Gasteiger partial charge in [0.2, 0.25) is 11.6 Å². The van der Waals surface area contributed by atoms with Crippen molar-refractivity contribution >= 4 is 43.4 Å². The van der Waals surface area contributed by atoms with E-state index < -0.39 is 11.6 Å². The van der Waals surface area contributed by atoms with Crippen LogP contribution in [0.25, 0.3) is 22.6 Å². The van der Waals surface area contributed by atoms with Gasteiger partial charge in [0.05, 0.1) is 0 Å². The third-order valence-electron chi connectivity index (χ3n) is 3.68. The van der Waals surface area contributed by atoms with Crippen LogP contribution >= 0.6 is 31.9 Å². The van der Waals surface area contributed by atoms with Crippen molar-refractivity contribution < 1.29 is 14.1 Å². The molecule has 0 radical (unpaired) electrons. The van der Waals surface area contributed by atoms with E-state index in [4.69, 9.17) is 4.52 Å². The highest BCUT2D eigenvalue weighted by atomic mass is 79.9. The van der Waals surface area contributed by atoms with Gasteiger partial charge in [-0.15, -0.1) is 0 Å². The van der Waals surface area contributed by atoms with E-state index >= 15 is 0 Å². The van der Waals surface area contributed by atoms with Crippen molar-refractivity contribution in [1.82, 2.24) is 5.16 Å². The zero-order chi connectivity index (χ0) is 16.1. The van der Waals surface area contributed by atoms with Crippen LogP contribution in [0.1, 0.15) is 20.7 Å². The number of carbonyl (C=O) groups excluding carboxylic acids is 2. The maximum Gasteiger partial charge on any atom is 0.239 e. The second-order valence-electron chi connectivity index (χ2n) is 5.10. The standard InChI is InChI=1S/C17H7Br2NO3/c18-9-5-8(6-10(19)7-9)14-13-16(22)15(21)11-3-1-2-4-12(11)17(13)23-20-14/h1-7H. The quantitative estimate of drug-likeness (QED) is 0.512. The fourth-order valence-electron chi connectivity index (χ4n) is 2.69. The molecule has 23 heavy (non-hydrogen) atoms. The Morgan fingerprint density at radius 3 is 2.22 bits per heavy atom. The molecule has 0 saturated heterocycles. The summed E-state index contributed by atoms with van der Waals surface area (Å²) >= 11 is 6.81. The van der Waals surface area contributed by atoms with Crippen molar-refractivity contribution in [3.63, 3.8) is 0 Å². The average molecular weight is 433 g/mol. The first-order valence-corrected chi connectivity index (χ1v) is 8.29. The lowest BCUT2D eigenvalue weighted by atomic mass is 9.86. The minimum atomic E-state index is -0.592. The molecule has 6 heteroatoms. The molecule has 1 aliphatic rings. The summed E-state index contributed by atoms with van der Waals surface area (Å²) < 4.78 is 7.07. The summed E-state index contributed by atoms with van der Waals surface area (Å²) in [5.74, 6) is -0.783. The zero-order valence-corrected chi connectivity index (χ0v) is 14.6. The maximum atomic E-state index is 12.5. The van der Waals surface area contributed by atoms with Crippen LogP contribution in [0.5, 0.6) is 0 Å². The van der Waals surface area contributed by atoms with E-state index in [1.807, 2.05) is 18.2 Å². The topological polar surface area (TPSA) is 60.2 Å². The molecule has 1 aromatic heterocycles. The SMILES string of the molecule is O=C1C(=O)c2c(-c3cc(Br)cc(Br)c3)noc2-c2ccccc21. The van der Waals surface area contributed by atoms with Gasteiger partial charge in [-0.1, -0.05) is 61.3 Å². The number of nitrogens with zero attached hydrogens (tertiary/aromatic N) is 1. The molecule has 0 amide bonds. The summed E-state index contributed by atoms with van der Waals surface area (Å²) in [6.45, 7) is 0. The van der Waals surface area contributed by atoms with Crippen LogP contribution in [0.4, 0.5) is 0 Å². The maximum absolute atomic E-state index is 12.5. The Balaban J connectivity index is 2.01. The number of aromatic nitrogens is 1. The van der Waals surface area contributed by atoms with Crippen LogP contribution < -0.4 is 0 Å². The normalized spacial score (nSPS) is 13.0. The van der Waals surface area contributed by atoms with E-state index in [0.29, 0.717) is 28.1 Å². The molecule has 0 saturated carbocycles. The first-order chi connectivity index (χ1) is 11.1. The molecule has 0 spiro atoms. The van der Waals surface area contributed by atoms with Crippen molar-refractivity contribution in [1.29, 1.82) is 0 Å². The molecule has 1 aliphatic carbocycles. The second-order valence-corrected chi connectivity index (χ2v) is 6.93. The fourth-order valence-corrected chi connectivity index (χ4v) is 3.98. The molecule has 0 aliphatic heterocycles. The Labute approximate surface area is 147 Å². The minimum absolute atomic E-state index is 0.221. The molecule has 0 unspecified atom stereocenters. The number of halogens is 2. The summed E-state index contributed by atoms with van der Waals surface area (Å²) in [6.07, 6.45) is 0. The van der Waals surface area contributed by atoms with Gasteiger partial charge in [-0.05, 0) is 18.2 Å². The smallest absolute Gasteiger partial charge is 0.239 e. The van der Waals surface area contributed by atoms with Gasteiger partial charge in [0.25, 0.3) is 0 Å². The molecular weight excluding hydrogens is 426 g/mol. The lowest BCUT2D eigenvalue weighted by Gasteiger charge is -2.12. The monoisotopic (exact) mass is 431 g/mol. The molecule has 0 N–H and O–H groups in total. The Morgan fingerprint density at radius 1 is 0.870 bits per heavy atom. The predicted octanol–water partition coefficient (Wildman–Crippen LogP) is 4.91. The molecule has 112 valence electrons. The van der Waals surface area contributed by atoms with Crippen molar-refractivity contribution in [2.45, 2.75) is 0 Å². The number of hydrogen-bond acceptors (Lipinski definition) is 4. The van der Waals surface area contributed by atoms with Crippen LogP contribution in [0, 0.1) is 0 Å². The molecule has 1 heterocycles. The van der Waals surface area contributed by atoms with Gasteiger partial charge in [-0.25, -0.2) is 0 Å². The third-order valence-corrected chi connectivity index (χ3v) is 4.59. The van der Waals surface area contributed by atoms with Crippen molar-refractivity contribution in [2.24, 2.45) is 0 Å². The molecule has 2 aromatic carbocycles. The van der Waals surface area contributed by atoms with Crippen LogP contribution in [0.2, 0.25) is 0 Å². The Morgan fingerprint density at radius 2 is 1.52 bits per heavy atom. The summed E-state index contributed by atoms with van der Waals surface area (Å²) in [5, 5.41) is 4.04.